The molecular formula is C31H52O. The van der Waals surface area contributed by atoms with E-state index in [-0.39, 0.29) is 5.41 Å². The largest absolute Gasteiger partial charge is 0.299 e. The molecule has 182 valence electrons. The van der Waals surface area contributed by atoms with E-state index in [0.29, 0.717) is 12.2 Å². The predicted molar refractivity (Wildman–Crippen MR) is 145 cm³/mol. The maximum absolute atomic E-state index is 12.0. The Morgan fingerprint density at radius 3 is 1.22 bits per heavy atom. The minimum Gasteiger partial charge on any atom is -0.299 e. The van der Waals surface area contributed by atoms with Crippen LogP contribution in [0.2, 0.25) is 0 Å². The summed E-state index contributed by atoms with van der Waals surface area (Å²) in [4.78, 5) is 12.0. The standard InChI is InChI=1S/C31H52O/c1-25(2)15-12-18-28(5)21-13-19-26(3)16-10-11-17-27(4)20-14-22-29(6)23-24-30(32)31(7,8)9/h15-17,21-22H,10-14,18-20,23-24H2,1-9H3/b26-16+,27-17+,28-21+,29-22+. The zero-order valence-corrected chi connectivity index (χ0v) is 22.9. The summed E-state index contributed by atoms with van der Waals surface area (Å²) >= 11 is 0. The lowest BCUT2D eigenvalue weighted by Crippen LogP contribution is -2.19. The summed E-state index contributed by atoms with van der Waals surface area (Å²) in [6, 6.07) is 0. The van der Waals surface area contributed by atoms with Gasteiger partial charge >= 0.3 is 0 Å². The van der Waals surface area contributed by atoms with Crippen LogP contribution in [0.15, 0.2) is 58.2 Å². The second-order valence-corrected chi connectivity index (χ2v) is 10.8. The van der Waals surface area contributed by atoms with Gasteiger partial charge in [-0.15, -0.1) is 0 Å². The van der Waals surface area contributed by atoms with Crippen LogP contribution in [0.5, 0.6) is 0 Å². The fraction of sp³-hybridized carbons (Fsp3) is 0.645. The molecule has 0 amide bonds. The summed E-state index contributed by atoms with van der Waals surface area (Å²) < 4.78 is 0. The Kier molecular flexibility index (Phi) is 16.1. The predicted octanol–water partition coefficient (Wildman–Crippen LogP) is 10.3. The molecule has 0 aromatic carbocycles. The monoisotopic (exact) mass is 440 g/mol. The number of unbranched alkanes of at least 4 members (excludes halogenated alkanes) is 1. The smallest absolute Gasteiger partial charge is 0.138 e. The zero-order chi connectivity index (χ0) is 24.6. The van der Waals surface area contributed by atoms with Gasteiger partial charge in [0.15, 0.2) is 0 Å². The van der Waals surface area contributed by atoms with Gasteiger partial charge in [0.25, 0.3) is 0 Å². The normalized spacial score (nSPS) is 14.0. The van der Waals surface area contributed by atoms with Gasteiger partial charge in [-0.25, -0.2) is 0 Å². The van der Waals surface area contributed by atoms with E-state index in [1.54, 1.807) is 0 Å². The lowest BCUT2D eigenvalue weighted by Gasteiger charge is -2.16. The molecule has 0 saturated heterocycles. The van der Waals surface area contributed by atoms with E-state index < -0.39 is 0 Å². The quantitative estimate of drug-likeness (QED) is 0.183. The Hall–Kier alpha value is -1.63. The molecule has 0 aromatic heterocycles. The SMILES string of the molecule is CC(C)=CCC/C(C)=C/CC/C(C)=C/CC/C=C(\C)CC/C=C(\C)CCC(=O)C(C)(C)C. The van der Waals surface area contributed by atoms with Gasteiger partial charge in [0.1, 0.15) is 5.78 Å². The Morgan fingerprint density at radius 1 is 0.500 bits per heavy atom. The van der Waals surface area contributed by atoms with Crippen molar-refractivity contribution in [3.8, 4) is 0 Å². The Morgan fingerprint density at radius 2 is 0.844 bits per heavy atom. The van der Waals surface area contributed by atoms with Crippen LogP contribution in [0, 0.1) is 5.41 Å². The molecule has 0 heterocycles. The second kappa shape index (κ2) is 16.9. The minimum atomic E-state index is -0.215. The number of carbonyl (C=O) groups is 1. The first-order valence-corrected chi connectivity index (χ1v) is 12.7. The lowest BCUT2D eigenvalue weighted by atomic mass is 9.87. The first-order chi connectivity index (χ1) is 14.9. The van der Waals surface area contributed by atoms with E-state index in [0.717, 1.165) is 44.9 Å². The van der Waals surface area contributed by atoms with Crippen molar-refractivity contribution in [2.75, 3.05) is 0 Å². The highest BCUT2D eigenvalue weighted by atomic mass is 16.1. The van der Waals surface area contributed by atoms with Crippen LogP contribution in [0.1, 0.15) is 127 Å². The molecule has 0 radical (unpaired) electrons. The third-order valence-corrected chi connectivity index (χ3v) is 5.89. The summed E-state index contributed by atoms with van der Waals surface area (Å²) in [5.74, 6) is 0.357. The molecule has 0 atom stereocenters. The molecule has 0 rings (SSSR count). The van der Waals surface area contributed by atoms with E-state index in [4.69, 9.17) is 0 Å². The van der Waals surface area contributed by atoms with Crippen LogP contribution in [0.25, 0.3) is 0 Å². The fourth-order valence-electron chi connectivity index (χ4n) is 3.43. The van der Waals surface area contributed by atoms with Crippen molar-refractivity contribution in [1.82, 2.24) is 0 Å². The molecule has 1 heteroatoms. The van der Waals surface area contributed by atoms with Crippen LogP contribution in [-0.4, -0.2) is 5.78 Å². The van der Waals surface area contributed by atoms with E-state index in [1.165, 1.54) is 40.7 Å². The van der Waals surface area contributed by atoms with Gasteiger partial charge in [0.2, 0.25) is 0 Å². The second-order valence-electron chi connectivity index (χ2n) is 10.8. The molecular weight excluding hydrogens is 388 g/mol. The van der Waals surface area contributed by atoms with Gasteiger partial charge in [-0.3, -0.25) is 4.79 Å². The van der Waals surface area contributed by atoms with Crippen molar-refractivity contribution >= 4 is 5.78 Å². The summed E-state index contributed by atoms with van der Waals surface area (Å²) in [5, 5.41) is 0. The highest BCUT2D eigenvalue weighted by Crippen LogP contribution is 2.20. The van der Waals surface area contributed by atoms with E-state index in [1.807, 2.05) is 20.8 Å². The number of rotatable bonds is 15. The molecule has 0 fully saturated rings. The molecule has 0 aliphatic carbocycles. The van der Waals surface area contributed by atoms with Gasteiger partial charge in [0, 0.05) is 11.8 Å². The lowest BCUT2D eigenvalue weighted by molar-refractivity contribution is -0.126. The third-order valence-electron chi connectivity index (χ3n) is 5.89. The number of ketones is 1. The topological polar surface area (TPSA) is 17.1 Å². The van der Waals surface area contributed by atoms with Crippen LogP contribution in [-0.2, 0) is 4.79 Å². The number of allylic oxidation sites excluding steroid dienone is 10. The van der Waals surface area contributed by atoms with Crippen molar-refractivity contribution in [3.05, 3.63) is 58.2 Å². The highest BCUT2D eigenvalue weighted by Gasteiger charge is 2.20. The summed E-state index contributed by atoms with van der Waals surface area (Å²) in [7, 11) is 0. The van der Waals surface area contributed by atoms with Crippen LogP contribution in [0.3, 0.4) is 0 Å². The molecule has 0 saturated carbocycles. The third kappa shape index (κ3) is 18.0. The Bertz CT molecular complexity index is 697. The number of carbonyl (C=O) groups excluding carboxylic acids is 1. The Balaban J connectivity index is 4.12. The molecule has 0 N–H and O–H groups in total. The minimum absolute atomic E-state index is 0.215. The maximum Gasteiger partial charge on any atom is 0.138 e. The number of hydrogen-bond acceptors (Lipinski definition) is 1. The van der Waals surface area contributed by atoms with E-state index >= 15 is 0 Å². The summed E-state index contributed by atoms with van der Waals surface area (Å²) in [6.45, 7) is 19.3. The molecule has 0 aliphatic rings. The van der Waals surface area contributed by atoms with Crippen molar-refractivity contribution < 1.29 is 4.79 Å². The molecule has 32 heavy (non-hydrogen) atoms. The average molecular weight is 441 g/mol. The van der Waals surface area contributed by atoms with Crippen LogP contribution >= 0.6 is 0 Å². The van der Waals surface area contributed by atoms with Gasteiger partial charge in [-0.1, -0.05) is 79.0 Å². The van der Waals surface area contributed by atoms with E-state index in [2.05, 4.69) is 71.9 Å². The van der Waals surface area contributed by atoms with Crippen molar-refractivity contribution in [2.24, 2.45) is 5.41 Å². The first-order valence-electron chi connectivity index (χ1n) is 12.7. The summed E-state index contributed by atoms with van der Waals surface area (Å²) in [6.07, 6.45) is 22.5. The van der Waals surface area contributed by atoms with E-state index in [9.17, 15) is 4.79 Å². The van der Waals surface area contributed by atoms with Crippen molar-refractivity contribution in [3.63, 3.8) is 0 Å². The number of Topliss-reactive ketones (excluding diaryl/α,β-unsaturated/α-hetero) is 1. The molecule has 0 bridgehead atoms. The van der Waals surface area contributed by atoms with Crippen molar-refractivity contribution in [2.45, 2.75) is 127 Å². The van der Waals surface area contributed by atoms with Gasteiger partial charge in [-0.05, 0) is 99.3 Å². The molecule has 0 aromatic rings. The number of hydrogen-bond donors (Lipinski definition) is 0. The first kappa shape index (κ1) is 30.4. The highest BCUT2D eigenvalue weighted by molar-refractivity contribution is 5.83. The van der Waals surface area contributed by atoms with Crippen LogP contribution in [0.4, 0.5) is 0 Å². The van der Waals surface area contributed by atoms with Gasteiger partial charge in [0.05, 0.1) is 0 Å². The zero-order valence-electron chi connectivity index (χ0n) is 22.9. The average Bonchev–Trinajstić information content (AvgIpc) is 2.68. The molecule has 1 nitrogen and oxygen atoms in total. The fourth-order valence-corrected chi connectivity index (χ4v) is 3.43. The van der Waals surface area contributed by atoms with Gasteiger partial charge in [-0.2, -0.15) is 0 Å². The molecule has 0 spiro atoms. The Labute approximate surface area is 200 Å². The maximum atomic E-state index is 12.0. The van der Waals surface area contributed by atoms with Crippen molar-refractivity contribution in [1.29, 1.82) is 0 Å². The molecule has 0 unspecified atom stereocenters. The summed E-state index contributed by atoms with van der Waals surface area (Å²) in [5.41, 5.74) is 7.03. The van der Waals surface area contributed by atoms with Crippen LogP contribution < -0.4 is 0 Å². The van der Waals surface area contributed by atoms with Gasteiger partial charge < -0.3 is 0 Å². The molecule has 0 aliphatic heterocycles.